The lowest BCUT2D eigenvalue weighted by molar-refractivity contribution is -0.159. The van der Waals surface area contributed by atoms with Crippen LogP contribution in [0.1, 0.15) is 85.5 Å². The number of nitrogens with one attached hydrogen (secondary N) is 1. The molecule has 2 fully saturated rings. The van der Waals surface area contributed by atoms with Crippen LogP contribution in [0.2, 0.25) is 0 Å². The Morgan fingerprint density at radius 3 is 2.57 bits per heavy atom. The second-order valence-corrected chi connectivity index (χ2v) is 9.95. The average Bonchev–Trinajstić information content (AvgIpc) is 2.91. The van der Waals surface area contributed by atoms with Crippen LogP contribution in [0.4, 0.5) is 0 Å². The van der Waals surface area contributed by atoms with Crippen LogP contribution in [0.25, 0.3) is 0 Å². The molecule has 2 N–H and O–H groups in total. The third kappa shape index (κ3) is 4.81. The van der Waals surface area contributed by atoms with Gasteiger partial charge in [-0.05, 0) is 62.5 Å². The SMILES string of the molecule is CC(=O)O[C@@H]1C[C@@]2(O)[C@H](C)CC[C@@H](C(C)CNC3CCCCCC3)[C@H]2C=C1C. The lowest BCUT2D eigenvalue weighted by atomic mass is 9.57. The fraction of sp³-hybridized carbons (Fsp3) is 0.875. The van der Waals surface area contributed by atoms with Gasteiger partial charge in [0.1, 0.15) is 6.10 Å². The van der Waals surface area contributed by atoms with Gasteiger partial charge in [-0.3, -0.25) is 4.79 Å². The number of esters is 1. The Morgan fingerprint density at radius 2 is 1.93 bits per heavy atom. The van der Waals surface area contributed by atoms with Crippen molar-refractivity contribution in [1.29, 1.82) is 0 Å². The summed E-state index contributed by atoms with van der Waals surface area (Å²) in [4.78, 5) is 11.5. The van der Waals surface area contributed by atoms with Gasteiger partial charge in [0.25, 0.3) is 0 Å². The summed E-state index contributed by atoms with van der Waals surface area (Å²) >= 11 is 0. The number of fused-ring (bicyclic) bond motifs is 1. The molecule has 3 rings (SSSR count). The molecular weight excluding hydrogens is 350 g/mol. The first-order valence-electron chi connectivity index (χ1n) is 11.6. The lowest BCUT2D eigenvalue weighted by Gasteiger charge is -2.53. The fourth-order valence-electron chi connectivity index (χ4n) is 5.99. The maximum Gasteiger partial charge on any atom is 0.303 e. The van der Waals surface area contributed by atoms with Crippen molar-refractivity contribution in [2.75, 3.05) is 6.54 Å². The monoisotopic (exact) mass is 391 g/mol. The van der Waals surface area contributed by atoms with E-state index in [1.54, 1.807) is 0 Å². The summed E-state index contributed by atoms with van der Waals surface area (Å²) in [6.07, 6.45) is 12.8. The summed E-state index contributed by atoms with van der Waals surface area (Å²) < 4.78 is 5.52. The molecule has 0 spiro atoms. The smallest absolute Gasteiger partial charge is 0.303 e. The third-order valence-corrected chi connectivity index (χ3v) is 7.91. The average molecular weight is 392 g/mol. The van der Waals surface area contributed by atoms with Gasteiger partial charge in [-0.2, -0.15) is 0 Å². The molecule has 28 heavy (non-hydrogen) atoms. The summed E-state index contributed by atoms with van der Waals surface area (Å²) in [5, 5.41) is 15.5. The van der Waals surface area contributed by atoms with Crippen LogP contribution in [0, 0.1) is 23.7 Å². The Balaban J connectivity index is 1.69. The quantitative estimate of drug-likeness (QED) is 0.408. The number of hydrogen-bond acceptors (Lipinski definition) is 4. The van der Waals surface area contributed by atoms with Crippen LogP contribution >= 0.6 is 0 Å². The summed E-state index contributed by atoms with van der Waals surface area (Å²) in [5.41, 5.74) is 0.340. The molecule has 1 unspecified atom stereocenters. The van der Waals surface area contributed by atoms with E-state index < -0.39 is 5.60 Å². The van der Waals surface area contributed by atoms with Gasteiger partial charge in [-0.25, -0.2) is 0 Å². The maximum absolute atomic E-state index is 11.7. The van der Waals surface area contributed by atoms with Gasteiger partial charge in [0, 0.05) is 25.3 Å². The molecule has 0 amide bonds. The highest BCUT2D eigenvalue weighted by molar-refractivity contribution is 5.66. The zero-order valence-electron chi connectivity index (χ0n) is 18.4. The Bertz CT molecular complexity index is 566. The van der Waals surface area contributed by atoms with Crippen LogP contribution in [-0.4, -0.2) is 35.4 Å². The normalized spacial score (nSPS) is 38.1. The fourth-order valence-corrected chi connectivity index (χ4v) is 5.99. The number of carbonyl (C=O) groups is 1. The minimum Gasteiger partial charge on any atom is -0.458 e. The summed E-state index contributed by atoms with van der Waals surface area (Å²) in [5.74, 6) is 1.14. The molecule has 0 heterocycles. The van der Waals surface area contributed by atoms with Gasteiger partial charge in [0.15, 0.2) is 0 Å². The Hall–Kier alpha value is -0.870. The summed E-state index contributed by atoms with van der Waals surface area (Å²) in [6, 6.07) is 0.670. The van der Waals surface area contributed by atoms with Crippen LogP contribution < -0.4 is 5.32 Å². The first kappa shape index (κ1) is 21.8. The molecular formula is C24H41NO3. The Labute approximate surface area is 171 Å². The highest BCUT2D eigenvalue weighted by Crippen LogP contribution is 2.51. The van der Waals surface area contributed by atoms with E-state index in [2.05, 4.69) is 32.2 Å². The van der Waals surface area contributed by atoms with Gasteiger partial charge in [0.05, 0.1) is 5.60 Å². The molecule has 0 aromatic carbocycles. The molecule has 0 aromatic heterocycles. The molecule has 3 aliphatic carbocycles. The van der Waals surface area contributed by atoms with E-state index in [0.29, 0.717) is 24.3 Å². The molecule has 160 valence electrons. The predicted molar refractivity (Wildman–Crippen MR) is 113 cm³/mol. The molecule has 4 nitrogen and oxygen atoms in total. The van der Waals surface area contributed by atoms with E-state index in [1.165, 1.54) is 51.9 Å². The summed E-state index contributed by atoms with van der Waals surface area (Å²) in [6.45, 7) is 9.06. The van der Waals surface area contributed by atoms with Crippen molar-refractivity contribution >= 4 is 5.97 Å². The Kier molecular flexibility index (Phi) is 7.25. The molecule has 6 atom stereocenters. The van der Waals surface area contributed by atoms with Crippen molar-refractivity contribution in [2.24, 2.45) is 23.7 Å². The molecule has 0 aromatic rings. The maximum atomic E-state index is 11.7. The van der Waals surface area contributed by atoms with E-state index in [4.69, 9.17) is 4.74 Å². The van der Waals surface area contributed by atoms with E-state index in [-0.39, 0.29) is 23.9 Å². The predicted octanol–water partition coefficient (Wildman–Crippen LogP) is 4.61. The molecule has 4 heteroatoms. The first-order valence-corrected chi connectivity index (χ1v) is 11.6. The van der Waals surface area contributed by atoms with Gasteiger partial charge in [-0.1, -0.05) is 45.6 Å². The highest BCUT2D eigenvalue weighted by atomic mass is 16.5. The topological polar surface area (TPSA) is 58.6 Å². The van der Waals surface area contributed by atoms with E-state index in [1.807, 2.05) is 0 Å². The van der Waals surface area contributed by atoms with Gasteiger partial charge in [-0.15, -0.1) is 0 Å². The zero-order valence-corrected chi connectivity index (χ0v) is 18.4. The Morgan fingerprint density at radius 1 is 1.25 bits per heavy atom. The van der Waals surface area contributed by atoms with Crippen molar-refractivity contribution < 1.29 is 14.6 Å². The standard InChI is InChI=1S/C24H41NO3/c1-16-13-22-21(17(2)15-25-20-9-7-5-6-8-10-20)12-11-18(3)24(22,27)14-23(16)28-19(4)26/h13,17-18,20-23,25,27H,5-12,14-15H2,1-4H3/t17?,18-,21+,22-,23-,24-/m1/s1. The number of rotatable bonds is 5. The van der Waals surface area contributed by atoms with Crippen molar-refractivity contribution in [2.45, 2.75) is 103 Å². The van der Waals surface area contributed by atoms with Crippen LogP contribution in [0.5, 0.6) is 0 Å². The van der Waals surface area contributed by atoms with Gasteiger partial charge in [0.2, 0.25) is 0 Å². The van der Waals surface area contributed by atoms with Crippen molar-refractivity contribution in [3.8, 4) is 0 Å². The van der Waals surface area contributed by atoms with Crippen molar-refractivity contribution in [1.82, 2.24) is 5.32 Å². The van der Waals surface area contributed by atoms with Gasteiger partial charge < -0.3 is 15.2 Å². The number of aliphatic hydroxyl groups is 1. The van der Waals surface area contributed by atoms with E-state index in [0.717, 1.165) is 18.5 Å². The summed E-state index contributed by atoms with van der Waals surface area (Å²) in [7, 11) is 0. The van der Waals surface area contributed by atoms with E-state index >= 15 is 0 Å². The minimum absolute atomic E-state index is 0.161. The van der Waals surface area contributed by atoms with Gasteiger partial charge >= 0.3 is 5.97 Å². The molecule has 0 aliphatic heterocycles. The van der Waals surface area contributed by atoms with Crippen LogP contribution in [0.15, 0.2) is 11.6 Å². The number of carbonyl (C=O) groups excluding carboxylic acids is 1. The second kappa shape index (κ2) is 9.30. The number of ether oxygens (including phenoxy) is 1. The third-order valence-electron chi connectivity index (χ3n) is 7.91. The molecule has 3 aliphatic rings. The van der Waals surface area contributed by atoms with Crippen LogP contribution in [0.3, 0.4) is 0 Å². The molecule has 2 saturated carbocycles. The largest absolute Gasteiger partial charge is 0.458 e. The zero-order chi connectivity index (χ0) is 20.3. The van der Waals surface area contributed by atoms with Crippen LogP contribution in [-0.2, 0) is 9.53 Å². The number of hydrogen-bond donors (Lipinski definition) is 2. The van der Waals surface area contributed by atoms with Crippen molar-refractivity contribution in [3.63, 3.8) is 0 Å². The lowest BCUT2D eigenvalue weighted by Crippen LogP contribution is -2.56. The van der Waals surface area contributed by atoms with E-state index in [9.17, 15) is 9.90 Å². The first-order chi connectivity index (χ1) is 13.3. The minimum atomic E-state index is -0.765. The second-order valence-electron chi connectivity index (χ2n) is 9.95. The molecule has 0 saturated heterocycles. The van der Waals surface area contributed by atoms with Crippen molar-refractivity contribution in [3.05, 3.63) is 11.6 Å². The highest BCUT2D eigenvalue weighted by Gasteiger charge is 2.52. The molecule has 0 bridgehead atoms. The molecule has 0 radical (unpaired) electrons.